The lowest BCUT2D eigenvalue weighted by Crippen LogP contribution is -2.34. The average Bonchev–Trinajstić information content (AvgIpc) is 3.43. The Hall–Kier alpha value is -4.43. The van der Waals surface area contributed by atoms with Gasteiger partial charge in [0.15, 0.2) is 0 Å². The van der Waals surface area contributed by atoms with Gasteiger partial charge in [0, 0.05) is 29.5 Å². The number of ether oxygens (including phenoxy) is 1. The largest absolute Gasteiger partial charge is 0.497 e. The second kappa shape index (κ2) is 13.5. The van der Waals surface area contributed by atoms with E-state index in [1.165, 1.54) is 0 Å². The Kier molecular flexibility index (Phi) is 9.49. The van der Waals surface area contributed by atoms with Gasteiger partial charge in [-0.25, -0.2) is 9.48 Å². The van der Waals surface area contributed by atoms with Crippen molar-refractivity contribution in [2.45, 2.75) is 58.3 Å². The minimum absolute atomic E-state index is 0.132. The number of para-hydroxylation sites is 1. The molecular formula is C36H43N5O3. The standard InChI is InChI=1S/C36H43N5O3/c1-24-13-15-27(16-14-24)41-33(23-32(40-41)36(2,3)4)39-35(43)38-30-12-7-6-11-29(30)34(26-17-19-37-20-18-26)31(42)22-25-9-8-10-28(21-25)44-5/h6-16,21,23,26,34,37H,17-20,22H2,1-5H3,(H2,38,39,43). The molecule has 1 saturated heterocycles. The van der Waals surface area contributed by atoms with E-state index in [1.54, 1.807) is 11.8 Å². The molecule has 0 spiro atoms. The number of hydrogen-bond acceptors (Lipinski definition) is 5. The number of Topliss-reactive ketones (excluding diaryl/α,β-unsaturated/α-hetero) is 1. The molecule has 4 aromatic rings. The number of piperidine rings is 1. The zero-order valence-electron chi connectivity index (χ0n) is 26.3. The number of amides is 2. The number of carbonyl (C=O) groups excluding carboxylic acids is 2. The Balaban J connectivity index is 1.43. The molecule has 8 heteroatoms. The number of hydrogen-bond donors (Lipinski definition) is 3. The van der Waals surface area contributed by atoms with Crippen LogP contribution in [0, 0.1) is 12.8 Å². The lowest BCUT2D eigenvalue weighted by Gasteiger charge is -2.31. The summed E-state index contributed by atoms with van der Waals surface area (Å²) in [5.41, 5.74) is 5.04. The highest BCUT2D eigenvalue weighted by Gasteiger charge is 2.33. The lowest BCUT2D eigenvalue weighted by molar-refractivity contribution is -0.121. The summed E-state index contributed by atoms with van der Waals surface area (Å²) in [7, 11) is 1.63. The first-order chi connectivity index (χ1) is 21.1. The summed E-state index contributed by atoms with van der Waals surface area (Å²) < 4.78 is 7.16. The van der Waals surface area contributed by atoms with E-state index in [0.717, 1.165) is 59.8 Å². The van der Waals surface area contributed by atoms with E-state index in [1.807, 2.05) is 85.8 Å². The summed E-state index contributed by atoms with van der Waals surface area (Å²) in [6.07, 6.45) is 2.07. The summed E-state index contributed by atoms with van der Waals surface area (Å²) in [5, 5.41) is 14.4. The molecule has 1 unspecified atom stereocenters. The third kappa shape index (κ3) is 7.37. The van der Waals surface area contributed by atoms with Crippen LogP contribution in [0.4, 0.5) is 16.3 Å². The third-order valence-corrected chi connectivity index (χ3v) is 8.26. The van der Waals surface area contributed by atoms with E-state index in [0.29, 0.717) is 11.5 Å². The van der Waals surface area contributed by atoms with E-state index in [2.05, 4.69) is 36.7 Å². The lowest BCUT2D eigenvalue weighted by atomic mass is 9.76. The van der Waals surface area contributed by atoms with E-state index in [9.17, 15) is 9.59 Å². The van der Waals surface area contributed by atoms with Gasteiger partial charge >= 0.3 is 6.03 Å². The smallest absolute Gasteiger partial charge is 0.324 e. The minimum Gasteiger partial charge on any atom is -0.497 e. The molecule has 2 heterocycles. The topological polar surface area (TPSA) is 97.3 Å². The maximum Gasteiger partial charge on any atom is 0.324 e. The van der Waals surface area contributed by atoms with Gasteiger partial charge in [-0.15, -0.1) is 0 Å². The molecule has 230 valence electrons. The number of urea groups is 1. The van der Waals surface area contributed by atoms with Gasteiger partial charge in [0.25, 0.3) is 0 Å². The molecule has 0 aliphatic carbocycles. The van der Waals surface area contributed by atoms with Crippen molar-refractivity contribution in [1.82, 2.24) is 15.1 Å². The van der Waals surface area contributed by atoms with E-state index >= 15 is 0 Å². The van der Waals surface area contributed by atoms with Gasteiger partial charge in [0.05, 0.1) is 18.5 Å². The van der Waals surface area contributed by atoms with Crippen molar-refractivity contribution in [3.63, 3.8) is 0 Å². The monoisotopic (exact) mass is 593 g/mol. The number of nitrogens with zero attached hydrogens (tertiary/aromatic N) is 2. The summed E-state index contributed by atoms with van der Waals surface area (Å²) in [6.45, 7) is 10.1. The maximum absolute atomic E-state index is 14.1. The van der Waals surface area contributed by atoms with Crippen molar-refractivity contribution in [1.29, 1.82) is 0 Å². The quantitative estimate of drug-likeness (QED) is 0.194. The van der Waals surface area contributed by atoms with Crippen LogP contribution in [0.2, 0.25) is 0 Å². The number of anilines is 2. The Morgan fingerprint density at radius 2 is 1.70 bits per heavy atom. The van der Waals surface area contributed by atoms with Crippen LogP contribution in [-0.4, -0.2) is 41.8 Å². The molecule has 5 rings (SSSR count). The molecule has 1 aliphatic rings. The zero-order valence-corrected chi connectivity index (χ0v) is 26.3. The second-order valence-electron chi connectivity index (χ2n) is 12.6. The Morgan fingerprint density at radius 1 is 0.977 bits per heavy atom. The van der Waals surface area contributed by atoms with Crippen LogP contribution < -0.4 is 20.7 Å². The second-order valence-corrected chi connectivity index (χ2v) is 12.6. The van der Waals surface area contributed by atoms with Gasteiger partial charge in [-0.05, 0) is 80.2 Å². The van der Waals surface area contributed by atoms with Crippen molar-refractivity contribution in [2.75, 3.05) is 30.8 Å². The predicted octanol–water partition coefficient (Wildman–Crippen LogP) is 7.03. The first-order valence-corrected chi connectivity index (χ1v) is 15.3. The molecule has 0 radical (unpaired) electrons. The average molecular weight is 594 g/mol. The Bertz CT molecular complexity index is 1600. The summed E-state index contributed by atoms with van der Waals surface area (Å²) >= 11 is 0. The normalized spacial score (nSPS) is 14.6. The zero-order chi connectivity index (χ0) is 31.3. The van der Waals surface area contributed by atoms with Crippen molar-refractivity contribution in [2.24, 2.45) is 5.92 Å². The molecule has 0 saturated carbocycles. The fraction of sp³-hybridized carbons (Fsp3) is 0.361. The number of methoxy groups -OCH3 is 1. The van der Waals surface area contributed by atoms with E-state index in [-0.39, 0.29) is 29.5 Å². The molecule has 2 amide bonds. The number of carbonyl (C=O) groups is 2. The molecule has 1 aromatic heterocycles. The van der Waals surface area contributed by atoms with E-state index in [4.69, 9.17) is 9.84 Å². The van der Waals surface area contributed by atoms with Gasteiger partial charge in [-0.3, -0.25) is 10.1 Å². The summed E-state index contributed by atoms with van der Waals surface area (Å²) in [4.78, 5) is 27.7. The predicted molar refractivity (Wildman–Crippen MR) is 176 cm³/mol. The number of aryl methyl sites for hydroxylation is 1. The molecule has 44 heavy (non-hydrogen) atoms. The van der Waals surface area contributed by atoms with Crippen LogP contribution in [0.15, 0.2) is 78.9 Å². The van der Waals surface area contributed by atoms with Crippen LogP contribution in [-0.2, 0) is 16.6 Å². The maximum atomic E-state index is 14.1. The van der Waals surface area contributed by atoms with E-state index < -0.39 is 6.03 Å². The number of nitrogens with one attached hydrogen (secondary N) is 3. The van der Waals surface area contributed by atoms with Crippen LogP contribution in [0.25, 0.3) is 5.69 Å². The third-order valence-electron chi connectivity index (χ3n) is 8.26. The first kappa shape index (κ1) is 31.0. The van der Waals surface area contributed by atoms with Gasteiger partial charge in [-0.1, -0.05) is 68.8 Å². The Labute approximate surface area is 260 Å². The van der Waals surface area contributed by atoms with Gasteiger partial charge < -0.3 is 15.4 Å². The van der Waals surface area contributed by atoms with Crippen LogP contribution in [0.3, 0.4) is 0 Å². The summed E-state index contributed by atoms with van der Waals surface area (Å²) in [5.74, 6) is 1.24. The van der Waals surface area contributed by atoms with Gasteiger partial charge in [0.2, 0.25) is 0 Å². The molecule has 8 nitrogen and oxygen atoms in total. The van der Waals surface area contributed by atoms with Crippen molar-refractivity contribution in [3.05, 3.63) is 101 Å². The molecule has 1 atom stereocenters. The first-order valence-electron chi connectivity index (χ1n) is 15.3. The highest BCUT2D eigenvalue weighted by Crippen LogP contribution is 2.37. The van der Waals surface area contributed by atoms with Crippen LogP contribution in [0.1, 0.15) is 61.9 Å². The van der Waals surface area contributed by atoms with Crippen LogP contribution >= 0.6 is 0 Å². The summed E-state index contributed by atoms with van der Waals surface area (Å²) in [6, 6.07) is 24.9. The molecule has 1 aliphatic heterocycles. The van der Waals surface area contributed by atoms with Gasteiger partial charge in [0.1, 0.15) is 17.4 Å². The number of ketones is 1. The minimum atomic E-state index is -0.393. The molecule has 3 N–H and O–H groups in total. The molecule has 0 bridgehead atoms. The van der Waals surface area contributed by atoms with Gasteiger partial charge in [-0.2, -0.15) is 5.10 Å². The molecular weight excluding hydrogens is 550 g/mol. The fourth-order valence-corrected chi connectivity index (χ4v) is 5.83. The highest BCUT2D eigenvalue weighted by atomic mass is 16.5. The fourth-order valence-electron chi connectivity index (χ4n) is 5.83. The van der Waals surface area contributed by atoms with Crippen molar-refractivity contribution in [3.8, 4) is 11.4 Å². The van der Waals surface area contributed by atoms with Crippen molar-refractivity contribution < 1.29 is 14.3 Å². The molecule has 1 fully saturated rings. The molecule has 3 aromatic carbocycles. The Morgan fingerprint density at radius 3 is 2.41 bits per heavy atom. The SMILES string of the molecule is COc1cccc(CC(=O)C(c2ccccc2NC(=O)Nc2cc(C(C)(C)C)nn2-c2ccc(C)cc2)C2CCNCC2)c1. The number of benzene rings is 3. The van der Waals surface area contributed by atoms with Crippen molar-refractivity contribution >= 4 is 23.3 Å². The highest BCUT2D eigenvalue weighted by molar-refractivity contribution is 6.01. The number of rotatable bonds is 9. The van der Waals surface area contributed by atoms with Crippen LogP contribution in [0.5, 0.6) is 5.75 Å². The number of aromatic nitrogens is 2.